The molecule has 1 N–H and O–H groups in total. The zero-order valence-electron chi connectivity index (χ0n) is 12.8. The van der Waals surface area contributed by atoms with Crippen molar-refractivity contribution in [3.63, 3.8) is 0 Å². The molecule has 0 fully saturated rings. The number of aromatic nitrogens is 2. The van der Waals surface area contributed by atoms with Crippen molar-refractivity contribution in [2.75, 3.05) is 13.7 Å². The summed E-state index contributed by atoms with van der Waals surface area (Å²) < 4.78 is 10.7. The van der Waals surface area contributed by atoms with Gasteiger partial charge in [0.15, 0.2) is 0 Å². The fraction of sp³-hybridized carbons (Fsp3) is 0.400. The number of thioether (sulfide) groups is 1. The molecule has 118 valence electrons. The Balaban J connectivity index is 1.94. The summed E-state index contributed by atoms with van der Waals surface area (Å²) in [7, 11) is 1.63. The Morgan fingerprint density at radius 2 is 2.09 bits per heavy atom. The summed E-state index contributed by atoms with van der Waals surface area (Å²) in [6, 6.07) is 7.68. The lowest BCUT2D eigenvalue weighted by molar-refractivity contribution is -0.120. The lowest BCUT2D eigenvalue weighted by Crippen LogP contribution is -2.30. The number of hydrogen-bond donors (Lipinski definition) is 1. The van der Waals surface area contributed by atoms with Crippen molar-refractivity contribution < 1.29 is 13.9 Å². The highest BCUT2D eigenvalue weighted by Gasteiger charge is 2.17. The Morgan fingerprint density at radius 3 is 2.73 bits per heavy atom. The molecule has 2 rings (SSSR count). The lowest BCUT2D eigenvalue weighted by Gasteiger charge is -2.07. The molecule has 0 saturated heterocycles. The third kappa shape index (κ3) is 4.49. The zero-order valence-corrected chi connectivity index (χ0v) is 13.6. The number of amides is 1. The number of rotatable bonds is 7. The van der Waals surface area contributed by atoms with E-state index >= 15 is 0 Å². The molecule has 1 atom stereocenters. The van der Waals surface area contributed by atoms with Crippen LogP contribution in [0.3, 0.4) is 0 Å². The molecule has 0 saturated carbocycles. The van der Waals surface area contributed by atoms with Gasteiger partial charge in [-0.1, -0.05) is 23.9 Å². The third-order valence-corrected chi connectivity index (χ3v) is 3.89. The van der Waals surface area contributed by atoms with Crippen LogP contribution in [0.1, 0.15) is 25.3 Å². The van der Waals surface area contributed by atoms with Crippen LogP contribution in [0.2, 0.25) is 0 Å². The standard InChI is InChI=1S/C15H19N3O3S/c1-4-16-14(19)10(2)22-15-18-17-13(21-15)9-11-5-7-12(20-3)8-6-11/h5-8,10H,4,9H2,1-3H3,(H,16,19)/t10-/m1/s1. The van der Waals surface area contributed by atoms with E-state index in [1.165, 1.54) is 11.8 Å². The van der Waals surface area contributed by atoms with E-state index in [0.717, 1.165) is 11.3 Å². The molecule has 1 heterocycles. The number of carbonyl (C=O) groups excluding carboxylic acids is 1. The molecule has 0 aliphatic rings. The first kappa shape index (κ1) is 16.4. The maximum absolute atomic E-state index is 11.7. The van der Waals surface area contributed by atoms with Crippen molar-refractivity contribution in [3.05, 3.63) is 35.7 Å². The van der Waals surface area contributed by atoms with Crippen LogP contribution in [0.5, 0.6) is 5.75 Å². The van der Waals surface area contributed by atoms with Crippen LogP contribution in [0.25, 0.3) is 0 Å². The van der Waals surface area contributed by atoms with Gasteiger partial charge < -0.3 is 14.5 Å². The highest BCUT2D eigenvalue weighted by molar-refractivity contribution is 8.00. The van der Waals surface area contributed by atoms with Gasteiger partial charge in [0.05, 0.1) is 18.8 Å². The molecular formula is C15H19N3O3S. The van der Waals surface area contributed by atoms with E-state index < -0.39 is 0 Å². The molecule has 1 amide bonds. The first-order chi connectivity index (χ1) is 10.6. The molecule has 0 bridgehead atoms. The minimum atomic E-state index is -0.269. The fourth-order valence-electron chi connectivity index (χ4n) is 1.80. The van der Waals surface area contributed by atoms with Gasteiger partial charge in [0, 0.05) is 6.54 Å². The van der Waals surface area contributed by atoms with E-state index in [2.05, 4.69) is 15.5 Å². The monoisotopic (exact) mass is 321 g/mol. The maximum Gasteiger partial charge on any atom is 0.277 e. The van der Waals surface area contributed by atoms with Crippen LogP contribution >= 0.6 is 11.8 Å². The van der Waals surface area contributed by atoms with Crippen molar-refractivity contribution in [2.45, 2.75) is 30.7 Å². The first-order valence-electron chi connectivity index (χ1n) is 7.02. The van der Waals surface area contributed by atoms with Crippen molar-refractivity contribution >= 4 is 17.7 Å². The number of ether oxygens (including phenoxy) is 1. The van der Waals surface area contributed by atoms with Gasteiger partial charge in [-0.15, -0.1) is 10.2 Å². The topological polar surface area (TPSA) is 77.2 Å². The van der Waals surface area contributed by atoms with E-state index in [9.17, 15) is 4.79 Å². The Kier molecular flexibility index (Phi) is 5.83. The molecule has 0 aliphatic heterocycles. The Hall–Kier alpha value is -2.02. The van der Waals surface area contributed by atoms with Gasteiger partial charge in [0.25, 0.3) is 5.22 Å². The second-order valence-electron chi connectivity index (χ2n) is 4.64. The zero-order chi connectivity index (χ0) is 15.9. The second-order valence-corrected chi connectivity index (χ2v) is 5.93. The highest BCUT2D eigenvalue weighted by atomic mass is 32.2. The van der Waals surface area contributed by atoms with Crippen LogP contribution in [-0.4, -0.2) is 35.0 Å². The molecule has 1 aromatic heterocycles. The minimum Gasteiger partial charge on any atom is -0.497 e. The average Bonchev–Trinajstić information content (AvgIpc) is 2.95. The molecule has 2 aromatic rings. The first-order valence-corrected chi connectivity index (χ1v) is 7.90. The van der Waals surface area contributed by atoms with Gasteiger partial charge in [-0.05, 0) is 31.5 Å². The smallest absolute Gasteiger partial charge is 0.277 e. The number of benzene rings is 1. The Labute approximate surface area is 133 Å². The van der Waals surface area contributed by atoms with E-state index in [4.69, 9.17) is 9.15 Å². The summed E-state index contributed by atoms with van der Waals surface area (Å²) in [5.74, 6) is 1.29. The van der Waals surface area contributed by atoms with Crippen LogP contribution in [0.4, 0.5) is 0 Å². The molecular weight excluding hydrogens is 302 g/mol. The van der Waals surface area contributed by atoms with E-state index in [-0.39, 0.29) is 11.2 Å². The van der Waals surface area contributed by atoms with Gasteiger partial charge in [0.2, 0.25) is 11.8 Å². The minimum absolute atomic E-state index is 0.0394. The van der Waals surface area contributed by atoms with E-state index in [1.807, 2.05) is 38.1 Å². The molecule has 22 heavy (non-hydrogen) atoms. The lowest BCUT2D eigenvalue weighted by atomic mass is 10.1. The SMILES string of the molecule is CCNC(=O)[C@@H](C)Sc1nnc(Cc2ccc(OC)cc2)o1. The number of methoxy groups -OCH3 is 1. The molecule has 0 spiro atoms. The summed E-state index contributed by atoms with van der Waals surface area (Å²) in [5.41, 5.74) is 1.05. The summed E-state index contributed by atoms with van der Waals surface area (Å²) in [6.45, 7) is 4.30. The molecule has 6 nitrogen and oxygen atoms in total. The average molecular weight is 321 g/mol. The van der Waals surface area contributed by atoms with Gasteiger partial charge in [-0.25, -0.2) is 0 Å². The molecule has 1 aromatic carbocycles. The van der Waals surface area contributed by atoms with Gasteiger partial charge >= 0.3 is 0 Å². The van der Waals surface area contributed by atoms with Crippen LogP contribution < -0.4 is 10.1 Å². The van der Waals surface area contributed by atoms with Crippen LogP contribution in [-0.2, 0) is 11.2 Å². The summed E-state index contributed by atoms with van der Waals surface area (Å²) >= 11 is 1.26. The summed E-state index contributed by atoms with van der Waals surface area (Å²) in [4.78, 5) is 11.7. The van der Waals surface area contributed by atoms with Crippen LogP contribution in [0.15, 0.2) is 33.9 Å². The Morgan fingerprint density at radius 1 is 1.36 bits per heavy atom. The number of carbonyl (C=O) groups is 1. The van der Waals surface area contributed by atoms with Crippen molar-refractivity contribution in [3.8, 4) is 5.75 Å². The predicted octanol–water partition coefficient (Wildman–Crippen LogP) is 2.29. The Bertz CT molecular complexity index is 613. The highest BCUT2D eigenvalue weighted by Crippen LogP contribution is 2.23. The van der Waals surface area contributed by atoms with Crippen molar-refractivity contribution in [1.82, 2.24) is 15.5 Å². The number of nitrogens with one attached hydrogen (secondary N) is 1. The normalized spacial score (nSPS) is 12.0. The number of hydrogen-bond acceptors (Lipinski definition) is 6. The van der Waals surface area contributed by atoms with Crippen molar-refractivity contribution in [1.29, 1.82) is 0 Å². The predicted molar refractivity (Wildman–Crippen MR) is 84.1 cm³/mol. The van der Waals surface area contributed by atoms with Crippen LogP contribution in [0, 0.1) is 0 Å². The second kappa shape index (κ2) is 7.84. The van der Waals surface area contributed by atoms with Gasteiger partial charge in [0.1, 0.15) is 5.75 Å². The van der Waals surface area contributed by atoms with Crippen molar-refractivity contribution in [2.24, 2.45) is 0 Å². The molecule has 0 unspecified atom stereocenters. The maximum atomic E-state index is 11.7. The summed E-state index contributed by atoms with van der Waals surface area (Å²) in [5, 5.41) is 10.9. The van der Waals surface area contributed by atoms with E-state index in [1.54, 1.807) is 7.11 Å². The molecule has 0 radical (unpaired) electrons. The molecule has 7 heteroatoms. The quantitative estimate of drug-likeness (QED) is 0.788. The fourth-order valence-corrected chi connectivity index (χ4v) is 2.52. The largest absolute Gasteiger partial charge is 0.497 e. The van der Waals surface area contributed by atoms with E-state index in [0.29, 0.717) is 24.1 Å². The van der Waals surface area contributed by atoms with Gasteiger partial charge in [-0.3, -0.25) is 4.79 Å². The summed E-state index contributed by atoms with van der Waals surface area (Å²) in [6.07, 6.45) is 0.549. The number of nitrogens with zero attached hydrogens (tertiary/aromatic N) is 2. The third-order valence-electron chi connectivity index (χ3n) is 2.96. The van der Waals surface area contributed by atoms with Gasteiger partial charge in [-0.2, -0.15) is 0 Å². The molecule has 0 aliphatic carbocycles.